The summed E-state index contributed by atoms with van der Waals surface area (Å²) in [7, 11) is -8.75. The quantitative estimate of drug-likeness (QED) is 0.345. The van der Waals surface area contributed by atoms with Crippen LogP contribution in [-0.4, -0.2) is 22.0 Å². The van der Waals surface area contributed by atoms with Crippen molar-refractivity contribution in [2.45, 2.75) is 0 Å². The van der Waals surface area contributed by atoms with Crippen LogP contribution in [0.2, 0.25) is 0 Å². The van der Waals surface area contributed by atoms with Gasteiger partial charge < -0.3 is 45.2 Å². The number of hydrogen-bond donors (Lipinski definition) is 0. The molecular formula is H8B3NaO9. The Balaban J connectivity index is -0.00000000476. The topological polar surface area (TPSA) is 208 Å². The summed E-state index contributed by atoms with van der Waals surface area (Å²) < 4.78 is 0. The fourth-order valence-corrected chi connectivity index (χ4v) is 0. The minimum Gasteiger partial charge on any atom is -0.907 e. The van der Waals surface area contributed by atoms with Crippen LogP contribution < -0.4 is 74.8 Å². The first-order chi connectivity index (χ1) is 5.20. The van der Waals surface area contributed by atoms with Gasteiger partial charge in [0.1, 0.15) is 0 Å². The van der Waals surface area contributed by atoms with Gasteiger partial charge in [0.05, 0.1) is 0 Å². The van der Waals surface area contributed by atoms with Crippen molar-refractivity contribution in [1.82, 2.24) is 0 Å². The van der Waals surface area contributed by atoms with Gasteiger partial charge in [0, 0.05) is 0 Å². The third-order valence-electron chi connectivity index (χ3n) is 0. The van der Waals surface area contributed by atoms with Crippen LogP contribution in [0.3, 0.4) is 0 Å². The number of rotatable bonds is 0. The van der Waals surface area contributed by atoms with E-state index in [0.717, 1.165) is 0 Å². The van der Waals surface area contributed by atoms with Crippen LogP contribution in [0.25, 0.3) is 0 Å². The molecule has 0 bridgehead atoms. The Bertz CT molecular complexity index is 63.5. The van der Waals surface area contributed by atoms with Crippen LogP contribution in [-0.2, 0) is 0 Å². The summed E-state index contributed by atoms with van der Waals surface area (Å²) in [4.78, 5) is 0. The van der Waals surface area contributed by atoms with E-state index in [4.69, 9.17) is 45.2 Å². The molecule has 13 heteroatoms. The molecular weight excluding hydrogens is 199 g/mol. The van der Waals surface area contributed by atoms with E-state index in [1.54, 1.807) is 0 Å². The van der Waals surface area contributed by atoms with E-state index >= 15 is 0 Å². The van der Waals surface area contributed by atoms with E-state index in [1.807, 2.05) is 0 Å². The molecule has 9 nitrogen and oxygen atoms in total. The van der Waals surface area contributed by atoms with E-state index in [-0.39, 0.29) is 41.0 Å². The zero-order valence-corrected chi connectivity index (χ0v) is 8.41. The molecule has 0 amide bonds. The predicted octanol–water partition coefficient (Wildman–Crippen LogP) is -13.9. The fraction of sp³-hybridized carbons (Fsp3) is 0. The molecule has 0 aliphatic rings. The summed E-state index contributed by atoms with van der Waals surface area (Å²) in [5, 5.41) is 75.8. The molecule has 0 N–H and O–H groups in total. The molecule has 0 aromatic carbocycles. The summed E-state index contributed by atoms with van der Waals surface area (Å²) in [6.45, 7) is 0. The maximum atomic E-state index is 8.42. The second kappa shape index (κ2) is 18.6. The molecule has 0 rings (SSSR count). The van der Waals surface area contributed by atoms with Crippen molar-refractivity contribution in [2.75, 3.05) is 0 Å². The average molecular weight is 207 g/mol. The van der Waals surface area contributed by atoms with Crippen LogP contribution >= 0.6 is 0 Å². The Kier molecular flexibility index (Phi) is 33.7. The van der Waals surface area contributed by atoms with Crippen molar-refractivity contribution in [1.29, 1.82) is 0 Å². The van der Waals surface area contributed by atoms with E-state index in [1.165, 1.54) is 0 Å². The second-order valence-corrected chi connectivity index (χ2v) is 0.866. The van der Waals surface area contributed by atoms with Gasteiger partial charge in [-0.25, -0.2) is 0 Å². The summed E-state index contributed by atoms with van der Waals surface area (Å²) in [6.07, 6.45) is 0. The van der Waals surface area contributed by atoms with Gasteiger partial charge in [-0.15, -0.1) is 0 Å². The van der Waals surface area contributed by atoms with Gasteiger partial charge in [0.25, 0.3) is 0 Å². The molecule has 0 saturated carbocycles. The van der Waals surface area contributed by atoms with Crippen molar-refractivity contribution < 1.29 is 86.2 Å². The molecule has 0 aromatic heterocycles. The molecule has 0 aromatic rings. The van der Waals surface area contributed by atoms with Crippen LogP contribution in [0.4, 0.5) is 0 Å². The smallest absolute Gasteiger partial charge is 0.907 e. The molecule has 0 unspecified atom stereocenters. The predicted molar refractivity (Wildman–Crippen MR) is 26.2 cm³/mol. The zero-order valence-electron chi connectivity index (χ0n) is 14.4. The average Bonchev–Trinajstić information content (AvgIpc) is 1.54. The van der Waals surface area contributed by atoms with E-state index in [0.29, 0.717) is 0 Å². The van der Waals surface area contributed by atoms with Gasteiger partial charge in [0.2, 0.25) is 0 Å². The first-order valence-electron chi connectivity index (χ1n) is 2.12. The van der Waals surface area contributed by atoms with Gasteiger partial charge in [0.15, 0.2) is 0 Å². The largest absolute Gasteiger partial charge is 1.00 e. The summed E-state index contributed by atoms with van der Waals surface area (Å²) in [5.41, 5.74) is 0. The Labute approximate surface area is 109 Å². The third kappa shape index (κ3) is 2160. The van der Waals surface area contributed by atoms with Gasteiger partial charge in [-0.05, 0) is 0 Å². The Morgan fingerprint density at radius 2 is 0.462 bits per heavy atom. The summed E-state index contributed by atoms with van der Waals surface area (Å²) in [6, 6.07) is 0. The monoisotopic (exact) mass is 208 g/mol. The number of hydrogen-bond acceptors (Lipinski definition) is 9. The first-order valence-corrected chi connectivity index (χ1v) is 2.12. The van der Waals surface area contributed by atoms with Gasteiger partial charge >= 0.3 is 41.0 Å². The molecule has 72 valence electrons. The van der Waals surface area contributed by atoms with Crippen molar-refractivity contribution >= 4 is 22.0 Å². The molecule has 13 heavy (non-hydrogen) atoms. The molecule has 0 heterocycles. The molecule has 0 aliphatic heterocycles. The van der Waals surface area contributed by atoms with Crippen molar-refractivity contribution in [3.05, 3.63) is 0 Å². The van der Waals surface area contributed by atoms with Crippen LogP contribution in [0, 0.1) is 0 Å². The normalized spacial score (nSPS) is 6.23. The van der Waals surface area contributed by atoms with Crippen molar-refractivity contribution in [3.63, 3.8) is 0 Å². The SMILES string of the molecule is [H+].[H+].[H+].[H+].[H+].[H+].[H+].[H+].[Na+].[O-]B([O-])[O-].[O-]B([O-])[O-].[O-]B([O-])[O-]. The van der Waals surface area contributed by atoms with E-state index < -0.39 is 22.0 Å². The Hall–Kier alpha value is 0.835. The molecule has 0 atom stereocenters. The van der Waals surface area contributed by atoms with Gasteiger partial charge in [-0.2, -0.15) is 0 Å². The third-order valence-corrected chi connectivity index (χ3v) is 0. The van der Waals surface area contributed by atoms with Crippen molar-refractivity contribution in [2.24, 2.45) is 0 Å². The Morgan fingerprint density at radius 3 is 0.462 bits per heavy atom. The standard InChI is InChI=1S/3BO3.Na/c3*2-1(3)4;/q3*-3;+1/p+8. The van der Waals surface area contributed by atoms with Crippen LogP contribution in [0.1, 0.15) is 11.4 Å². The van der Waals surface area contributed by atoms with Gasteiger partial charge in [-0.1, -0.05) is 0 Å². The minimum absolute atomic E-state index is 0. The maximum absolute atomic E-state index is 8.42. The summed E-state index contributed by atoms with van der Waals surface area (Å²) >= 11 is 0. The second-order valence-electron chi connectivity index (χ2n) is 0.866. The van der Waals surface area contributed by atoms with Crippen LogP contribution in [0.15, 0.2) is 0 Å². The molecule has 0 radical (unpaired) electrons. The molecule has 0 fully saturated rings. The van der Waals surface area contributed by atoms with E-state index in [2.05, 4.69) is 0 Å². The first kappa shape index (κ1) is 23.6. The molecule has 0 saturated heterocycles. The maximum Gasteiger partial charge on any atom is 1.00 e. The summed E-state index contributed by atoms with van der Waals surface area (Å²) in [5.74, 6) is 0. The van der Waals surface area contributed by atoms with Gasteiger partial charge in [-0.3, -0.25) is 22.0 Å². The zero-order chi connectivity index (χ0) is 10.7. The van der Waals surface area contributed by atoms with Crippen LogP contribution in [0.5, 0.6) is 0 Å². The molecule has 0 aliphatic carbocycles. The van der Waals surface area contributed by atoms with E-state index in [9.17, 15) is 0 Å². The fourth-order valence-electron chi connectivity index (χ4n) is 0. The minimum atomic E-state index is -2.92. The Morgan fingerprint density at radius 1 is 0.462 bits per heavy atom. The van der Waals surface area contributed by atoms with Crippen molar-refractivity contribution in [3.8, 4) is 0 Å². The molecule has 0 spiro atoms.